The highest BCUT2D eigenvalue weighted by atomic mass is 32.1. The highest BCUT2D eigenvalue weighted by Crippen LogP contribution is 2.27. The van der Waals surface area contributed by atoms with Crippen LogP contribution >= 0.6 is 11.3 Å². The van der Waals surface area contributed by atoms with Crippen molar-refractivity contribution in [1.82, 2.24) is 10.3 Å². The van der Waals surface area contributed by atoms with Gasteiger partial charge in [0, 0.05) is 24.5 Å². The summed E-state index contributed by atoms with van der Waals surface area (Å²) in [6, 6.07) is 4.25. The zero-order valence-electron chi connectivity index (χ0n) is 16.8. The molecule has 1 fully saturated rings. The van der Waals surface area contributed by atoms with E-state index in [0.717, 1.165) is 5.56 Å². The molecule has 6 nitrogen and oxygen atoms in total. The fourth-order valence-corrected chi connectivity index (χ4v) is 4.22. The van der Waals surface area contributed by atoms with E-state index in [0.29, 0.717) is 31.1 Å². The Balaban J connectivity index is 1.70. The molecule has 0 saturated carbocycles. The molecule has 1 atom stereocenters. The van der Waals surface area contributed by atoms with Gasteiger partial charge in [-0.1, -0.05) is 19.9 Å². The molecule has 2 aromatic rings. The lowest BCUT2D eigenvalue weighted by Crippen LogP contribution is -2.38. The Morgan fingerprint density at radius 1 is 1.28 bits per heavy atom. The van der Waals surface area contributed by atoms with E-state index in [9.17, 15) is 14.0 Å². The minimum atomic E-state index is -0.497. The van der Waals surface area contributed by atoms with Crippen LogP contribution in [0.2, 0.25) is 0 Å². The van der Waals surface area contributed by atoms with Crippen LogP contribution in [0.25, 0.3) is 0 Å². The predicted octanol–water partition coefficient (Wildman–Crippen LogP) is 4.08. The average Bonchev–Trinajstić information content (AvgIpc) is 3.19. The number of ether oxygens (including phenoxy) is 1. The summed E-state index contributed by atoms with van der Waals surface area (Å²) in [5.41, 5.74) is 1.17. The van der Waals surface area contributed by atoms with Crippen molar-refractivity contribution in [1.29, 1.82) is 0 Å². The molecule has 0 aliphatic carbocycles. The minimum absolute atomic E-state index is 0.00460. The summed E-state index contributed by atoms with van der Waals surface area (Å²) >= 11 is 1.32. The normalized spacial score (nSPS) is 15.9. The Morgan fingerprint density at radius 3 is 2.69 bits per heavy atom. The Kier molecular flexibility index (Phi) is 6.97. The van der Waals surface area contributed by atoms with E-state index in [2.05, 4.69) is 15.6 Å². The van der Waals surface area contributed by atoms with Crippen molar-refractivity contribution in [2.75, 3.05) is 18.5 Å². The summed E-state index contributed by atoms with van der Waals surface area (Å²) < 4.78 is 19.2. The summed E-state index contributed by atoms with van der Waals surface area (Å²) in [5, 5.41) is 7.95. The monoisotopic (exact) mass is 419 g/mol. The maximum atomic E-state index is 13.9. The summed E-state index contributed by atoms with van der Waals surface area (Å²) in [6.45, 7) is 7.02. The summed E-state index contributed by atoms with van der Waals surface area (Å²) in [6.07, 6.45) is 1.43. The number of carbonyl (C=O) groups is 2. The molecule has 8 heteroatoms. The lowest BCUT2D eigenvalue weighted by atomic mass is 9.97. The maximum absolute atomic E-state index is 13.9. The van der Waals surface area contributed by atoms with E-state index in [-0.39, 0.29) is 35.2 Å². The highest BCUT2D eigenvalue weighted by Gasteiger charge is 2.28. The van der Waals surface area contributed by atoms with Crippen LogP contribution in [-0.4, -0.2) is 30.0 Å². The molecule has 29 heavy (non-hydrogen) atoms. The van der Waals surface area contributed by atoms with E-state index < -0.39 is 11.7 Å². The van der Waals surface area contributed by atoms with E-state index >= 15 is 0 Å². The third-order valence-electron chi connectivity index (χ3n) is 4.95. The van der Waals surface area contributed by atoms with Gasteiger partial charge in [-0.3, -0.25) is 9.59 Å². The number of hydrogen-bond donors (Lipinski definition) is 2. The summed E-state index contributed by atoms with van der Waals surface area (Å²) in [5.74, 6) is -0.930. The molecule has 1 aromatic carbocycles. The predicted molar refractivity (Wildman–Crippen MR) is 110 cm³/mol. The summed E-state index contributed by atoms with van der Waals surface area (Å²) in [4.78, 5) is 29.6. The number of benzene rings is 1. The van der Waals surface area contributed by atoms with Crippen LogP contribution in [0.5, 0.6) is 0 Å². The molecule has 3 rings (SSSR count). The van der Waals surface area contributed by atoms with Crippen LogP contribution in [0.3, 0.4) is 0 Å². The zero-order chi connectivity index (χ0) is 21.0. The number of anilines is 1. The largest absolute Gasteiger partial charge is 0.381 e. The second-order valence-corrected chi connectivity index (χ2v) is 8.52. The molecule has 2 N–H and O–H groups in total. The fraction of sp³-hybridized carbons (Fsp3) is 0.476. The molecule has 156 valence electrons. The molecular formula is C21H26FN3O3S. The first kappa shape index (κ1) is 21.4. The van der Waals surface area contributed by atoms with Crippen LogP contribution in [0.1, 0.15) is 53.8 Å². The fourth-order valence-electron chi connectivity index (χ4n) is 3.20. The number of halogens is 1. The van der Waals surface area contributed by atoms with Gasteiger partial charge in [0.25, 0.3) is 5.91 Å². The second kappa shape index (κ2) is 9.45. The molecule has 1 saturated heterocycles. The third-order valence-corrected chi connectivity index (χ3v) is 5.88. The Morgan fingerprint density at radius 2 is 2.00 bits per heavy atom. The number of carbonyl (C=O) groups excluding carboxylic acids is 2. The second-order valence-electron chi connectivity index (χ2n) is 7.63. The topological polar surface area (TPSA) is 80.3 Å². The minimum Gasteiger partial charge on any atom is -0.381 e. The van der Waals surface area contributed by atoms with Crippen LogP contribution in [0, 0.1) is 24.6 Å². The average molecular weight is 420 g/mol. The molecule has 2 heterocycles. The van der Waals surface area contributed by atoms with E-state index in [4.69, 9.17) is 4.74 Å². The van der Waals surface area contributed by atoms with Gasteiger partial charge in [-0.05, 0) is 43.4 Å². The Hall–Kier alpha value is -2.32. The number of thiazole rings is 1. The van der Waals surface area contributed by atoms with Gasteiger partial charge in [0.1, 0.15) is 16.5 Å². The van der Waals surface area contributed by atoms with Gasteiger partial charge in [-0.25, -0.2) is 9.37 Å². The molecule has 0 bridgehead atoms. The standard InChI is InChI=1S/C21H26FN3O3S/c1-12(2)18(25-19(26)14-6-8-28-9-7-14)21-24-17(11-29-21)20(27)23-16-10-13(3)4-5-15(16)22/h4-5,10-12,14,18H,6-9H2,1-3H3,(H,23,27)(H,25,26)/t18-/m1/s1. The van der Waals surface area contributed by atoms with Crippen molar-refractivity contribution in [2.24, 2.45) is 11.8 Å². The number of nitrogens with zero attached hydrogens (tertiary/aromatic N) is 1. The van der Waals surface area contributed by atoms with Crippen molar-refractivity contribution in [3.63, 3.8) is 0 Å². The molecule has 0 radical (unpaired) electrons. The number of aromatic nitrogens is 1. The molecule has 1 aliphatic rings. The molecule has 1 aromatic heterocycles. The van der Waals surface area contributed by atoms with Crippen molar-refractivity contribution in [2.45, 2.75) is 39.7 Å². The van der Waals surface area contributed by atoms with Gasteiger partial charge in [0.15, 0.2) is 0 Å². The SMILES string of the molecule is Cc1ccc(F)c(NC(=O)c2csc([C@H](NC(=O)C3CCOCC3)C(C)C)n2)c1. The van der Waals surface area contributed by atoms with Gasteiger partial charge in [-0.2, -0.15) is 0 Å². The van der Waals surface area contributed by atoms with Crippen molar-refractivity contribution in [3.05, 3.63) is 45.7 Å². The molecule has 0 unspecified atom stereocenters. The first-order valence-electron chi connectivity index (χ1n) is 9.76. The quantitative estimate of drug-likeness (QED) is 0.739. The van der Waals surface area contributed by atoms with Gasteiger partial charge < -0.3 is 15.4 Å². The van der Waals surface area contributed by atoms with Crippen molar-refractivity contribution >= 4 is 28.8 Å². The lowest BCUT2D eigenvalue weighted by molar-refractivity contribution is -0.129. The molecule has 1 aliphatic heterocycles. The maximum Gasteiger partial charge on any atom is 0.275 e. The van der Waals surface area contributed by atoms with E-state index in [1.54, 1.807) is 17.5 Å². The van der Waals surface area contributed by atoms with Gasteiger partial charge >= 0.3 is 0 Å². The Labute approximate surface area is 173 Å². The first-order chi connectivity index (χ1) is 13.8. The van der Waals surface area contributed by atoms with Gasteiger partial charge in [0.2, 0.25) is 5.91 Å². The number of rotatable bonds is 6. The molecule has 2 amide bonds. The van der Waals surface area contributed by atoms with Gasteiger partial charge in [-0.15, -0.1) is 11.3 Å². The van der Waals surface area contributed by atoms with Gasteiger partial charge in [0.05, 0.1) is 11.7 Å². The number of hydrogen-bond acceptors (Lipinski definition) is 5. The highest BCUT2D eigenvalue weighted by molar-refractivity contribution is 7.10. The van der Waals surface area contributed by atoms with Crippen LogP contribution < -0.4 is 10.6 Å². The Bertz CT molecular complexity index is 878. The lowest BCUT2D eigenvalue weighted by Gasteiger charge is -2.26. The summed E-state index contributed by atoms with van der Waals surface area (Å²) in [7, 11) is 0. The smallest absolute Gasteiger partial charge is 0.275 e. The van der Waals surface area contributed by atoms with Crippen LogP contribution in [0.15, 0.2) is 23.6 Å². The zero-order valence-corrected chi connectivity index (χ0v) is 17.6. The number of nitrogens with one attached hydrogen (secondary N) is 2. The van der Waals surface area contributed by atoms with Crippen molar-refractivity contribution < 1.29 is 18.7 Å². The van der Waals surface area contributed by atoms with Crippen LogP contribution in [-0.2, 0) is 9.53 Å². The van der Waals surface area contributed by atoms with E-state index in [1.165, 1.54) is 17.4 Å². The first-order valence-corrected chi connectivity index (χ1v) is 10.6. The van der Waals surface area contributed by atoms with E-state index in [1.807, 2.05) is 20.8 Å². The molecule has 0 spiro atoms. The third kappa shape index (κ3) is 5.39. The number of aryl methyl sites for hydroxylation is 1. The van der Waals surface area contributed by atoms with Crippen molar-refractivity contribution in [3.8, 4) is 0 Å². The molecular weight excluding hydrogens is 393 g/mol. The van der Waals surface area contributed by atoms with Crippen LogP contribution in [0.4, 0.5) is 10.1 Å². The number of amides is 2.